The second-order valence-corrected chi connectivity index (χ2v) is 8.29. The summed E-state index contributed by atoms with van der Waals surface area (Å²) >= 11 is 6.08. The number of hydrogen-bond donors (Lipinski definition) is 0. The maximum Gasteiger partial charge on any atom is 0.257 e. The normalized spacial score (nSPS) is 19.9. The standard InChI is InChI=1S/C23H26ClN3O/c1-16-5-6-17(2)20(13-16)21-14-22(18-7-9-19(24)10-8-18)27(25-21)23(28)15-26-11-3-4-12-26/h5-10,13,22H,3-4,11-12,14-15H2,1-2H3. The number of nitrogens with zero attached hydrogens (tertiary/aromatic N) is 3. The number of carbonyl (C=O) groups excluding carboxylic acids is 1. The number of carbonyl (C=O) groups is 1. The van der Waals surface area contributed by atoms with Crippen LogP contribution in [0.2, 0.25) is 5.02 Å². The van der Waals surface area contributed by atoms with Gasteiger partial charge in [-0.15, -0.1) is 0 Å². The monoisotopic (exact) mass is 395 g/mol. The van der Waals surface area contributed by atoms with Gasteiger partial charge in [-0.1, -0.05) is 41.4 Å². The summed E-state index contributed by atoms with van der Waals surface area (Å²) in [6.07, 6.45) is 3.06. The summed E-state index contributed by atoms with van der Waals surface area (Å²) in [5.41, 5.74) is 5.58. The lowest BCUT2D eigenvalue weighted by Gasteiger charge is -2.24. The van der Waals surface area contributed by atoms with Crippen molar-refractivity contribution in [3.63, 3.8) is 0 Å². The molecule has 0 bridgehead atoms. The SMILES string of the molecule is Cc1ccc(C)c(C2=NN(C(=O)CN3CCCC3)C(c3ccc(Cl)cc3)C2)c1. The largest absolute Gasteiger partial charge is 0.294 e. The second kappa shape index (κ2) is 8.06. The minimum atomic E-state index is -0.0812. The van der Waals surface area contributed by atoms with E-state index < -0.39 is 0 Å². The topological polar surface area (TPSA) is 35.9 Å². The molecule has 5 heteroatoms. The summed E-state index contributed by atoms with van der Waals surface area (Å²) in [6.45, 7) is 6.62. The number of hydrazone groups is 1. The molecule has 1 atom stereocenters. The van der Waals surface area contributed by atoms with E-state index in [1.807, 2.05) is 24.3 Å². The lowest BCUT2D eigenvalue weighted by atomic mass is 9.95. The summed E-state index contributed by atoms with van der Waals surface area (Å²) in [4.78, 5) is 15.4. The van der Waals surface area contributed by atoms with Gasteiger partial charge in [0.25, 0.3) is 5.91 Å². The van der Waals surface area contributed by atoms with Crippen LogP contribution in [0, 0.1) is 13.8 Å². The molecule has 0 spiro atoms. The highest BCUT2D eigenvalue weighted by molar-refractivity contribution is 6.30. The van der Waals surface area contributed by atoms with E-state index in [0.717, 1.165) is 36.3 Å². The molecule has 0 aromatic heterocycles. The first-order chi connectivity index (χ1) is 13.5. The molecule has 0 N–H and O–H groups in total. The van der Waals surface area contributed by atoms with Gasteiger partial charge in [-0.2, -0.15) is 5.10 Å². The fraction of sp³-hybridized carbons (Fsp3) is 0.391. The third-order valence-corrected chi connectivity index (χ3v) is 5.93. The summed E-state index contributed by atoms with van der Waals surface area (Å²) in [5.74, 6) is 0.0714. The summed E-state index contributed by atoms with van der Waals surface area (Å²) in [5, 5.41) is 7.23. The van der Waals surface area contributed by atoms with E-state index in [0.29, 0.717) is 11.6 Å². The van der Waals surface area contributed by atoms with Crippen molar-refractivity contribution >= 4 is 23.2 Å². The number of halogens is 1. The van der Waals surface area contributed by atoms with Crippen LogP contribution in [0.4, 0.5) is 0 Å². The molecule has 28 heavy (non-hydrogen) atoms. The molecule has 2 aromatic carbocycles. The highest BCUT2D eigenvalue weighted by Crippen LogP contribution is 2.34. The Morgan fingerprint density at radius 1 is 1.11 bits per heavy atom. The zero-order valence-electron chi connectivity index (χ0n) is 16.5. The highest BCUT2D eigenvalue weighted by atomic mass is 35.5. The Morgan fingerprint density at radius 2 is 1.82 bits per heavy atom. The summed E-state index contributed by atoms with van der Waals surface area (Å²) < 4.78 is 0. The minimum absolute atomic E-state index is 0.0714. The van der Waals surface area contributed by atoms with Crippen molar-refractivity contribution in [2.45, 2.75) is 39.2 Å². The molecular formula is C23H26ClN3O. The number of rotatable bonds is 4. The van der Waals surface area contributed by atoms with Crippen LogP contribution >= 0.6 is 11.6 Å². The molecule has 146 valence electrons. The number of aryl methyl sites for hydroxylation is 2. The molecule has 0 radical (unpaired) electrons. The van der Waals surface area contributed by atoms with Crippen LogP contribution in [0.5, 0.6) is 0 Å². The molecule has 2 aliphatic rings. The highest BCUT2D eigenvalue weighted by Gasteiger charge is 2.34. The van der Waals surface area contributed by atoms with Gasteiger partial charge >= 0.3 is 0 Å². The fourth-order valence-corrected chi connectivity index (χ4v) is 4.22. The molecule has 2 aromatic rings. The molecule has 0 aliphatic carbocycles. The van der Waals surface area contributed by atoms with Crippen LogP contribution in [-0.4, -0.2) is 41.2 Å². The third-order valence-electron chi connectivity index (χ3n) is 5.68. The van der Waals surface area contributed by atoms with E-state index in [9.17, 15) is 4.79 Å². The molecular weight excluding hydrogens is 370 g/mol. The predicted molar refractivity (Wildman–Crippen MR) is 114 cm³/mol. The quantitative estimate of drug-likeness (QED) is 0.750. The summed E-state index contributed by atoms with van der Waals surface area (Å²) in [7, 11) is 0. The zero-order chi connectivity index (χ0) is 19.7. The molecule has 1 unspecified atom stereocenters. The molecule has 1 fully saturated rings. The Labute approximate surface area is 171 Å². The van der Waals surface area contributed by atoms with Crippen molar-refractivity contribution in [2.24, 2.45) is 5.10 Å². The maximum absolute atomic E-state index is 13.1. The Hall–Kier alpha value is -2.17. The first-order valence-corrected chi connectivity index (χ1v) is 10.3. The van der Waals surface area contributed by atoms with Gasteiger partial charge in [-0.05, 0) is 69.1 Å². The van der Waals surface area contributed by atoms with Crippen molar-refractivity contribution in [2.75, 3.05) is 19.6 Å². The smallest absolute Gasteiger partial charge is 0.257 e. The Bertz CT molecular complexity index is 901. The minimum Gasteiger partial charge on any atom is -0.294 e. The van der Waals surface area contributed by atoms with Gasteiger partial charge in [-0.3, -0.25) is 9.69 Å². The Kier molecular flexibility index (Phi) is 5.51. The van der Waals surface area contributed by atoms with Crippen molar-refractivity contribution in [3.8, 4) is 0 Å². The number of hydrogen-bond acceptors (Lipinski definition) is 3. The van der Waals surface area contributed by atoms with Gasteiger partial charge in [0, 0.05) is 17.0 Å². The van der Waals surface area contributed by atoms with E-state index in [1.165, 1.54) is 24.0 Å². The van der Waals surface area contributed by atoms with Crippen LogP contribution < -0.4 is 0 Å². The van der Waals surface area contributed by atoms with Gasteiger partial charge in [0.1, 0.15) is 0 Å². The molecule has 4 nitrogen and oxygen atoms in total. The number of amides is 1. The van der Waals surface area contributed by atoms with E-state index >= 15 is 0 Å². The van der Waals surface area contributed by atoms with Gasteiger partial charge < -0.3 is 0 Å². The third kappa shape index (κ3) is 3.98. The van der Waals surface area contributed by atoms with Crippen LogP contribution in [0.1, 0.15) is 47.6 Å². The van der Waals surface area contributed by atoms with E-state index in [2.05, 4.69) is 36.9 Å². The average Bonchev–Trinajstić information content (AvgIpc) is 3.34. The lowest BCUT2D eigenvalue weighted by molar-refractivity contribution is -0.134. The molecule has 2 aliphatic heterocycles. The van der Waals surface area contributed by atoms with Crippen LogP contribution in [0.25, 0.3) is 0 Å². The van der Waals surface area contributed by atoms with Gasteiger partial charge in [0.15, 0.2) is 0 Å². The summed E-state index contributed by atoms with van der Waals surface area (Å²) in [6, 6.07) is 14.1. The fourth-order valence-electron chi connectivity index (χ4n) is 4.10. The number of benzene rings is 2. The Morgan fingerprint density at radius 3 is 2.54 bits per heavy atom. The average molecular weight is 396 g/mol. The molecule has 1 amide bonds. The number of likely N-dealkylation sites (tertiary alicyclic amines) is 1. The van der Waals surface area contributed by atoms with E-state index in [-0.39, 0.29) is 11.9 Å². The molecule has 2 heterocycles. The predicted octanol–water partition coefficient (Wildman–Crippen LogP) is 4.73. The van der Waals surface area contributed by atoms with Crippen molar-refractivity contribution < 1.29 is 4.79 Å². The maximum atomic E-state index is 13.1. The van der Waals surface area contributed by atoms with Crippen molar-refractivity contribution in [1.82, 2.24) is 9.91 Å². The first kappa shape index (κ1) is 19.2. The van der Waals surface area contributed by atoms with Crippen LogP contribution in [-0.2, 0) is 4.79 Å². The van der Waals surface area contributed by atoms with E-state index in [1.54, 1.807) is 5.01 Å². The second-order valence-electron chi connectivity index (χ2n) is 7.86. The van der Waals surface area contributed by atoms with Gasteiger partial charge in [0.2, 0.25) is 0 Å². The zero-order valence-corrected chi connectivity index (χ0v) is 17.2. The van der Waals surface area contributed by atoms with Crippen molar-refractivity contribution in [1.29, 1.82) is 0 Å². The molecule has 0 saturated carbocycles. The Balaban J connectivity index is 1.66. The molecule has 4 rings (SSSR count). The van der Waals surface area contributed by atoms with Crippen LogP contribution in [0.15, 0.2) is 47.6 Å². The van der Waals surface area contributed by atoms with Crippen molar-refractivity contribution in [3.05, 3.63) is 69.7 Å². The van der Waals surface area contributed by atoms with Gasteiger partial charge in [0.05, 0.1) is 18.3 Å². The first-order valence-electron chi connectivity index (χ1n) is 9.96. The van der Waals surface area contributed by atoms with E-state index in [4.69, 9.17) is 16.7 Å². The molecule has 1 saturated heterocycles. The van der Waals surface area contributed by atoms with Gasteiger partial charge in [-0.25, -0.2) is 5.01 Å². The van der Waals surface area contributed by atoms with Crippen LogP contribution in [0.3, 0.4) is 0 Å². The lowest BCUT2D eigenvalue weighted by Crippen LogP contribution is -2.36.